The maximum Gasteiger partial charge on any atom is 0.0332 e. The van der Waals surface area contributed by atoms with Crippen LogP contribution in [-0.2, 0) is 0 Å². The van der Waals surface area contributed by atoms with Gasteiger partial charge in [-0.2, -0.15) is 0 Å². The lowest BCUT2D eigenvalue weighted by molar-refractivity contribution is 0.481. The van der Waals surface area contributed by atoms with Gasteiger partial charge in [-0.15, -0.1) is 0 Å². The van der Waals surface area contributed by atoms with Crippen LogP contribution in [-0.4, -0.2) is 6.54 Å². The molecule has 0 fully saturated rings. The Labute approximate surface area is 99.0 Å². The van der Waals surface area contributed by atoms with Crippen molar-refractivity contribution in [3.63, 3.8) is 0 Å². The zero-order valence-corrected chi connectivity index (χ0v) is 10.6. The van der Waals surface area contributed by atoms with E-state index in [1.807, 2.05) is 0 Å². The molecule has 0 aliphatic carbocycles. The first-order valence-electron chi connectivity index (χ1n) is 6.15. The van der Waals surface area contributed by atoms with E-state index in [0.29, 0.717) is 18.4 Å². The first-order valence-corrected chi connectivity index (χ1v) is 6.15. The van der Waals surface area contributed by atoms with Crippen LogP contribution < -0.4 is 11.5 Å². The van der Waals surface area contributed by atoms with Gasteiger partial charge in [0, 0.05) is 6.04 Å². The van der Waals surface area contributed by atoms with Crippen molar-refractivity contribution in [2.24, 2.45) is 17.4 Å². The van der Waals surface area contributed by atoms with E-state index >= 15 is 0 Å². The molecule has 0 spiro atoms. The second kappa shape index (κ2) is 6.02. The van der Waals surface area contributed by atoms with Crippen molar-refractivity contribution in [3.05, 3.63) is 35.4 Å². The molecule has 0 aliphatic heterocycles. The van der Waals surface area contributed by atoms with Crippen molar-refractivity contribution in [2.75, 3.05) is 6.54 Å². The van der Waals surface area contributed by atoms with Crippen LogP contribution in [0.3, 0.4) is 0 Å². The predicted octanol–water partition coefficient (Wildman–Crippen LogP) is 2.79. The van der Waals surface area contributed by atoms with E-state index in [1.54, 1.807) is 0 Å². The number of nitrogens with two attached hydrogens (primary N) is 2. The van der Waals surface area contributed by atoms with Gasteiger partial charge in [0.15, 0.2) is 0 Å². The highest BCUT2D eigenvalue weighted by atomic mass is 14.7. The monoisotopic (exact) mass is 220 g/mol. The van der Waals surface area contributed by atoms with Gasteiger partial charge in [-0.25, -0.2) is 0 Å². The zero-order valence-electron chi connectivity index (χ0n) is 10.6. The summed E-state index contributed by atoms with van der Waals surface area (Å²) in [4.78, 5) is 0. The van der Waals surface area contributed by atoms with Gasteiger partial charge in [0.25, 0.3) is 0 Å². The molecule has 0 saturated carbocycles. The van der Waals surface area contributed by atoms with Crippen molar-refractivity contribution >= 4 is 0 Å². The van der Waals surface area contributed by atoms with E-state index in [9.17, 15) is 0 Å². The average molecular weight is 220 g/mol. The van der Waals surface area contributed by atoms with E-state index in [1.165, 1.54) is 17.5 Å². The molecule has 0 bridgehead atoms. The molecular formula is C14H24N2. The highest BCUT2D eigenvalue weighted by molar-refractivity contribution is 5.27. The Balaban J connectivity index is 2.78. The number of hydrogen-bond donors (Lipinski definition) is 2. The van der Waals surface area contributed by atoms with E-state index in [0.717, 1.165) is 0 Å². The SMILES string of the molecule is CCC(C)c1ccc(C(N)C(C)CN)cc1. The van der Waals surface area contributed by atoms with Crippen LogP contribution in [0.15, 0.2) is 24.3 Å². The van der Waals surface area contributed by atoms with Gasteiger partial charge in [0.1, 0.15) is 0 Å². The summed E-state index contributed by atoms with van der Waals surface area (Å²) < 4.78 is 0. The summed E-state index contributed by atoms with van der Waals surface area (Å²) >= 11 is 0. The first kappa shape index (κ1) is 13.2. The maximum absolute atomic E-state index is 6.13. The topological polar surface area (TPSA) is 52.0 Å². The summed E-state index contributed by atoms with van der Waals surface area (Å²) in [6.45, 7) is 7.18. The molecule has 1 aromatic carbocycles. The standard InChI is InChI=1S/C14H24N2/c1-4-10(2)12-5-7-13(8-6-12)14(16)11(3)9-15/h5-8,10-11,14H,4,9,15-16H2,1-3H3. The maximum atomic E-state index is 6.13. The Morgan fingerprint density at radius 1 is 1.06 bits per heavy atom. The Morgan fingerprint density at radius 2 is 1.56 bits per heavy atom. The van der Waals surface area contributed by atoms with Crippen LogP contribution in [0.25, 0.3) is 0 Å². The lowest BCUT2D eigenvalue weighted by Gasteiger charge is -2.19. The van der Waals surface area contributed by atoms with Crippen LogP contribution in [0.1, 0.15) is 50.3 Å². The third-order valence-electron chi connectivity index (χ3n) is 3.49. The Hall–Kier alpha value is -0.860. The molecular weight excluding hydrogens is 196 g/mol. The molecule has 3 atom stereocenters. The van der Waals surface area contributed by atoms with Crippen molar-refractivity contribution in [1.82, 2.24) is 0 Å². The summed E-state index contributed by atoms with van der Waals surface area (Å²) in [5, 5.41) is 0. The van der Waals surface area contributed by atoms with Crippen molar-refractivity contribution in [1.29, 1.82) is 0 Å². The summed E-state index contributed by atoms with van der Waals surface area (Å²) in [6.07, 6.45) is 1.17. The fraction of sp³-hybridized carbons (Fsp3) is 0.571. The summed E-state index contributed by atoms with van der Waals surface area (Å²) in [5.74, 6) is 0.951. The Kier molecular flexibility index (Phi) is 4.97. The fourth-order valence-corrected chi connectivity index (χ4v) is 1.76. The van der Waals surface area contributed by atoms with Crippen LogP contribution in [0.4, 0.5) is 0 Å². The third-order valence-corrected chi connectivity index (χ3v) is 3.49. The van der Waals surface area contributed by atoms with Crippen LogP contribution in [0.5, 0.6) is 0 Å². The summed E-state index contributed by atoms with van der Waals surface area (Å²) in [6, 6.07) is 8.70. The lowest BCUT2D eigenvalue weighted by Crippen LogP contribution is -2.25. The second-order valence-electron chi connectivity index (χ2n) is 4.71. The molecule has 0 heterocycles. The largest absolute Gasteiger partial charge is 0.330 e. The Morgan fingerprint density at radius 3 is 2.00 bits per heavy atom. The van der Waals surface area contributed by atoms with E-state index < -0.39 is 0 Å². The van der Waals surface area contributed by atoms with Gasteiger partial charge in [-0.05, 0) is 35.9 Å². The molecule has 0 amide bonds. The van der Waals surface area contributed by atoms with Gasteiger partial charge in [-0.1, -0.05) is 45.0 Å². The number of hydrogen-bond acceptors (Lipinski definition) is 2. The molecule has 0 radical (unpaired) electrons. The molecule has 16 heavy (non-hydrogen) atoms. The third kappa shape index (κ3) is 3.06. The van der Waals surface area contributed by atoms with Crippen LogP contribution >= 0.6 is 0 Å². The zero-order chi connectivity index (χ0) is 12.1. The van der Waals surface area contributed by atoms with Gasteiger partial charge < -0.3 is 11.5 Å². The van der Waals surface area contributed by atoms with Crippen LogP contribution in [0.2, 0.25) is 0 Å². The van der Waals surface area contributed by atoms with Crippen molar-refractivity contribution in [2.45, 2.75) is 39.2 Å². The van der Waals surface area contributed by atoms with E-state index in [-0.39, 0.29) is 6.04 Å². The van der Waals surface area contributed by atoms with Gasteiger partial charge in [0.05, 0.1) is 0 Å². The molecule has 0 aromatic heterocycles. The molecule has 1 rings (SSSR count). The van der Waals surface area contributed by atoms with Gasteiger partial charge in [0.2, 0.25) is 0 Å². The minimum absolute atomic E-state index is 0.0518. The normalized spacial score (nSPS) is 16.8. The quantitative estimate of drug-likeness (QED) is 0.801. The molecule has 4 N–H and O–H groups in total. The average Bonchev–Trinajstić information content (AvgIpc) is 2.36. The lowest BCUT2D eigenvalue weighted by atomic mass is 9.92. The van der Waals surface area contributed by atoms with E-state index in [2.05, 4.69) is 45.0 Å². The summed E-state index contributed by atoms with van der Waals surface area (Å²) in [5.41, 5.74) is 14.3. The molecule has 2 nitrogen and oxygen atoms in total. The highest BCUT2D eigenvalue weighted by Crippen LogP contribution is 2.23. The second-order valence-corrected chi connectivity index (χ2v) is 4.71. The predicted molar refractivity (Wildman–Crippen MR) is 70.3 cm³/mol. The minimum atomic E-state index is 0.0518. The van der Waals surface area contributed by atoms with Gasteiger partial charge >= 0.3 is 0 Å². The number of benzene rings is 1. The van der Waals surface area contributed by atoms with Crippen LogP contribution in [0, 0.1) is 5.92 Å². The molecule has 2 heteroatoms. The highest BCUT2D eigenvalue weighted by Gasteiger charge is 2.13. The minimum Gasteiger partial charge on any atom is -0.330 e. The molecule has 3 unspecified atom stereocenters. The smallest absolute Gasteiger partial charge is 0.0332 e. The first-order chi connectivity index (χ1) is 7.60. The fourth-order valence-electron chi connectivity index (χ4n) is 1.76. The molecule has 1 aromatic rings. The summed E-state index contributed by atoms with van der Waals surface area (Å²) in [7, 11) is 0. The molecule has 90 valence electrons. The Bertz CT molecular complexity index is 305. The van der Waals surface area contributed by atoms with E-state index in [4.69, 9.17) is 11.5 Å². The molecule has 0 saturated heterocycles. The number of rotatable bonds is 5. The van der Waals surface area contributed by atoms with Crippen molar-refractivity contribution in [3.8, 4) is 0 Å². The molecule has 0 aliphatic rings. The van der Waals surface area contributed by atoms with Gasteiger partial charge in [-0.3, -0.25) is 0 Å². The van der Waals surface area contributed by atoms with Crippen molar-refractivity contribution < 1.29 is 0 Å².